The van der Waals surface area contributed by atoms with Crippen molar-refractivity contribution in [3.8, 4) is 16.9 Å². The van der Waals surface area contributed by atoms with E-state index in [9.17, 15) is 23.1 Å². The highest BCUT2D eigenvalue weighted by Crippen LogP contribution is 2.30. The molecular formula is C33H30N2O7S. The Hall–Kier alpha value is -4.93. The molecule has 1 aromatic heterocycles. The highest BCUT2D eigenvalue weighted by Gasteiger charge is 2.28. The van der Waals surface area contributed by atoms with Crippen LogP contribution in [0.15, 0.2) is 112 Å². The summed E-state index contributed by atoms with van der Waals surface area (Å²) in [5, 5.41) is 12.9. The van der Waals surface area contributed by atoms with Crippen LogP contribution in [-0.2, 0) is 21.4 Å². The lowest BCUT2D eigenvalue weighted by Crippen LogP contribution is -2.44. The monoisotopic (exact) mass is 598 g/mol. The second-order valence-electron chi connectivity index (χ2n) is 10.3. The summed E-state index contributed by atoms with van der Waals surface area (Å²) in [5.74, 6) is -1.32. The Morgan fingerprint density at radius 2 is 1.51 bits per heavy atom. The van der Waals surface area contributed by atoms with Crippen LogP contribution >= 0.6 is 0 Å². The van der Waals surface area contributed by atoms with E-state index in [-0.39, 0.29) is 10.7 Å². The number of ether oxygens (including phenoxy) is 1. The minimum absolute atomic E-state index is 0.0357. The van der Waals surface area contributed by atoms with E-state index in [4.69, 9.17) is 9.15 Å². The van der Waals surface area contributed by atoms with Crippen LogP contribution in [0, 0.1) is 5.92 Å². The molecule has 5 aromatic rings. The van der Waals surface area contributed by atoms with Crippen molar-refractivity contribution in [3.63, 3.8) is 0 Å². The molecule has 0 unspecified atom stereocenters. The third-order valence-corrected chi connectivity index (χ3v) is 8.29. The summed E-state index contributed by atoms with van der Waals surface area (Å²) in [6, 6.07) is 28.8. The number of carbonyl (C=O) groups excluding carboxylic acids is 1. The van der Waals surface area contributed by atoms with Crippen molar-refractivity contribution >= 4 is 38.6 Å². The summed E-state index contributed by atoms with van der Waals surface area (Å²) < 4.78 is 39.4. The zero-order chi connectivity index (χ0) is 30.6. The number of aliphatic carboxylic acids is 1. The summed E-state index contributed by atoms with van der Waals surface area (Å²) in [6.07, 6.45) is 0. The number of sulfonamides is 1. The van der Waals surface area contributed by atoms with Crippen LogP contribution in [0.1, 0.15) is 30.0 Å². The Balaban J connectivity index is 1.25. The van der Waals surface area contributed by atoms with E-state index in [1.807, 2.05) is 42.5 Å². The third kappa shape index (κ3) is 6.94. The van der Waals surface area contributed by atoms with E-state index in [2.05, 4.69) is 10.0 Å². The van der Waals surface area contributed by atoms with Crippen molar-refractivity contribution < 1.29 is 32.3 Å². The molecule has 0 bridgehead atoms. The first-order valence-electron chi connectivity index (χ1n) is 13.6. The van der Waals surface area contributed by atoms with Crippen LogP contribution in [0.4, 0.5) is 5.69 Å². The Labute approximate surface area is 249 Å². The largest absolute Gasteiger partial charge is 0.488 e. The molecule has 0 aliphatic rings. The molecule has 9 nitrogen and oxygen atoms in total. The molecule has 220 valence electrons. The number of hydrogen-bond donors (Lipinski definition) is 3. The fourth-order valence-corrected chi connectivity index (χ4v) is 5.82. The SMILES string of the molecule is CC(C)[C@H](NS(=O)(=O)c1ccc(-c2ccc(NC(=O)c3cc4c(OCc5ccccc5)cccc4o3)cc2)cc1)C(=O)O. The maximum absolute atomic E-state index is 13.0. The molecule has 0 radical (unpaired) electrons. The van der Waals surface area contributed by atoms with Crippen LogP contribution < -0.4 is 14.8 Å². The fourth-order valence-electron chi connectivity index (χ4n) is 4.48. The molecule has 43 heavy (non-hydrogen) atoms. The first-order chi connectivity index (χ1) is 20.6. The van der Waals surface area contributed by atoms with Crippen molar-refractivity contribution in [2.24, 2.45) is 5.92 Å². The maximum atomic E-state index is 13.0. The van der Waals surface area contributed by atoms with E-state index < -0.39 is 33.9 Å². The lowest BCUT2D eigenvalue weighted by molar-refractivity contribution is -0.140. The molecule has 5 rings (SSSR count). The molecule has 0 aliphatic heterocycles. The quantitative estimate of drug-likeness (QED) is 0.162. The van der Waals surface area contributed by atoms with Crippen molar-refractivity contribution in [2.45, 2.75) is 31.4 Å². The zero-order valence-corrected chi connectivity index (χ0v) is 24.3. The molecule has 0 fully saturated rings. The highest BCUT2D eigenvalue weighted by atomic mass is 32.2. The van der Waals surface area contributed by atoms with E-state index in [0.717, 1.165) is 16.7 Å². The van der Waals surface area contributed by atoms with Gasteiger partial charge in [0.15, 0.2) is 5.76 Å². The average Bonchev–Trinajstić information content (AvgIpc) is 3.45. The molecule has 1 amide bonds. The molecule has 1 atom stereocenters. The van der Waals surface area contributed by atoms with Gasteiger partial charge in [0, 0.05) is 11.8 Å². The summed E-state index contributed by atoms with van der Waals surface area (Å²) >= 11 is 0. The number of nitrogens with one attached hydrogen (secondary N) is 2. The van der Waals surface area contributed by atoms with Gasteiger partial charge in [0.1, 0.15) is 24.0 Å². The number of anilines is 1. The molecular weight excluding hydrogens is 568 g/mol. The number of hydrogen-bond acceptors (Lipinski definition) is 6. The van der Waals surface area contributed by atoms with Crippen LogP contribution in [0.5, 0.6) is 5.75 Å². The first-order valence-corrected chi connectivity index (χ1v) is 15.1. The second kappa shape index (κ2) is 12.5. The first kappa shape index (κ1) is 29.6. The van der Waals surface area contributed by atoms with Gasteiger partial charge in [0.25, 0.3) is 5.91 Å². The Kier molecular flexibility index (Phi) is 8.61. The molecule has 10 heteroatoms. The molecule has 0 saturated carbocycles. The van der Waals surface area contributed by atoms with Gasteiger partial charge in [-0.3, -0.25) is 9.59 Å². The standard InChI is InChI=1S/C33H30N2O7S/c1-21(2)31(33(37)38)35-43(39,40)26-17-13-24(14-18-26)23-11-15-25(16-12-23)34-32(36)30-19-27-28(9-6-10-29(27)42-30)41-20-22-7-4-3-5-8-22/h3-19,21,31,35H,20H2,1-2H3,(H,34,36)(H,37,38)/t31-/m0/s1. The number of benzene rings is 4. The number of carbonyl (C=O) groups is 2. The van der Waals surface area contributed by atoms with Crippen LogP contribution in [0.2, 0.25) is 0 Å². The number of furan rings is 1. The number of amides is 1. The molecule has 4 aromatic carbocycles. The summed E-state index contributed by atoms with van der Waals surface area (Å²) in [4.78, 5) is 24.4. The van der Waals surface area contributed by atoms with E-state index >= 15 is 0 Å². The van der Waals surface area contributed by atoms with E-state index in [0.29, 0.717) is 29.0 Å². The van der Waals surface area contributed by atoms with Gasteiger partial charge in [-0.1, -0.05) is 74.5 Å². The van der Waals surface area contributed by atoms with Gasteiger partial charge in [0.05, 0.1) is 10.3 Å². The van der Waals surface area contributed by atoms with Crippen molar-refractivity contribution in [1.29, 1.82) is 0 Å². The predicted octanol–water partition coefficient (Wildman–Crippen LogP) is 6.32. The van der Waals surface area contributed by atoms with Crippen LogP contribution in [0.25, 0.3) is 22.1 Å². The zero-order valence-electron chi connectivity index (χ0n) is 23.5. The molecule has 3 N–H and O–H groups in total. The molecule has 0 spiro atoms. The summed E-state index contributed by atoms with van der Waals surface area (Å²) in [7, 11) is -4.02. The normalized spacial score (nSPS) is 12.3. The second-order valence-corrected chi connectivity index (χ2v) is 12.0. The molecule has 0 aliphatic carbocycles. The Morgan fingerprint density at radius 1 is 0.860 bits per heavy atom. The topological polar surface area (TPSA) is 135 Å². The average molecular weight is 599 g/mol. The Morgan fingerprint density at radius 3 is 2.14 bits per heavy atom. The van der Waals surface area contributed by atoms with E-state index in [1.54, 1.807) is 62.4 Å². The van der Waals surface area contributed by atoms with Gasteiger partial charge in [-0.25, -0.2) is 8.42 Å². The number of carboxylic acids is 1. The van der Waals surface area contributed by atoms with Crippen molar-refractivity contribution in [2.75, 3.05) is 5.32 Å². The van der Waals surface area contributed by atoms with Gasteiger partial charge in [-0.05, 0) is 59.0 Å². The minimum Gasteiger partial charge on any atom is -0.488 e. The van der Waals surface area contributed by atoms with Gasteiger partial charge in [-0.2, -0.15) is 4.72 Å². The van der Waals surface area contributed by atoms with Crippen LogP contribution in [-0.4, -0.2) is 31.4 Å². The van der Waals surface area contributed by atoms with Gasteiger partial charge >= 0.3 is 5.97 Å². The van der Waals surface area contributed by atoms with Crippen molar-refractivity contribution in [3.05, 3.63) is 114 Å². The third-order valence-electron chi connectivity index (χ3n) is 6.84. The van der Waals surface area contributed by atoms with Gasteiger partial charge in [0.2, 0.25) is 10.0 Å². The lowest BCUT2D eigenvalue weighted by Gasteiger charge is -2.18. The number of fused-ring (bicyclic) bond motifs is 1. The Bertz CT molecular complexity index is 1850. The van der Waals surface area contributed by atoms with Gasteiger partial charge in [-0.15, -0.1) is 0 Å². The lowest BCUT2D eigenvalue weighted by atomic mass is 10.1. The molecule has 0 saturated heterocycles. The molecule has 1 heterocycles. The smallest absolute Gasteiger partial charge is 0.322 e. The van der Waals surface area contributed by atoms with Crippen LogP contribution in [0.3, 0.4) is 0 Å². The number of rotatable bonds is 11. The van der Waals surface area contributed by atoms with E-state index in [1.165, 1.54) is 12.1 Å². The fraction of sp³-hybridized carbons (Fsp3) is 0.152. The summed E-state index contributed by atoms with van der Waals surface area (Å²) in [6.45, 7) is 3.65. The maximum Gasteiger partial charge on any atom is 0.322 e. The highest BCUT2D eigenvalue weighted by molar-refractivity contribution is 7.89. The predicted molar refractivity (Wildman–Crippen MR) is 163 cm³/mol. The number of carboxylic acid groups (broad SMARTS) is 1. The van der Waals surface area contributed by atoms with Gasteiger partial charge < -0.3 is 19.6 Å². The van der Waals surface area contributed by atoms with Crippen molar-refractivity contribution in [1.82, 2.24) is 4.72 Å². The minimum atomic E-state index is -4.02. The summed E-state index contributed by atoms with van der Waals surface area (Å²) in [5.41, 5.74) is 3.65.